The predicted octanol–water partition coefficient (Wildman–Crippen LogP) is 7.88. The molecule has 0 amide bonds. The van der Waals surface area contributed by atoms with Crippen LogP contribution in [0.3, 0.4) is 0 Å². The molecule has 1 heteroatoms. The maximum absolute atomic E-state index is 6.15. The quantitative estimate of drug-likeness (QED) is 0.227. The number of rotatable bonds is 14. The van der Waals surface area contributed by atoms with E-state index in [1.54, 1.807) is 0 Å². The summed E-state index contributed by atoms with van der Waals surface area (Å²) in [5.41, 5.74) is 2.94. The maximum atomic E-state index is 6.15. The molecule has 1 aliphatic heterocycles. The van der Waals surface area contributed by atoms with Crippen LogP contribution < -0.4 is 0 Å². The first-order valence-corrected chi connectivity index (χ1v) is 10.8. The first-order valence-electron chi connectivity index (χ1n) is 10.8. The molecular weight excluding hydrogens is 316 g/mol. The Bertz CT molecular complexity index is 469. The zero-order valence-corrected chi connectivity index (χ0v) is 18.4. The Hall–Kier alpha value is -0.820. The fourth-order valence-corrected chi connectivity index (χ4v) is 3.73. The van der Waals surface area contributed by atoms with E-state index in [1.807, 2.05) is 0 Å². The van der Waals surface area contributed by atoms with E-state index in [2.05, 4.69) is 66.9 Å². The number of ether oxygens (including phenoxy) is 1. The van der Waals surface area contributed by atoms with Crippen molar-refractivity contribution in [1.82, 2.24) is 0 Å². The Morgan fingerprint density at radius 3 is 2.42 bits per heavy atom. The SMILES string of the molecule is C=CC(C)CCC(CC1OC1(C)CCC=C(C)C)C(=C)CCCC(C)C. The second kappa shape index (κ2) is 11.1. The van der Waals surface area contributed by atoms with Crippen molar-refractivity contribution in [1.29, 1.82) is 0 Å². The first-order chi connectivity index (χ1) is 12.2. The highest BCUT2D eigenvalue weighted by Gasteiger charge is 2.51. The molecule has 1 rings (SSSR count). The molecule has 1 saturated heterocycles. The summed E-state index contributed by atoms with van der Waals surface area (Å²) >= 11 is 0. The van der Waals surface area contributed by atoms with Gasteiger partial charge in [-0.3, -0.25) is 0 Å². The van der Waals surface area contributed by atoms with Gasteiger partial charge in [-0.1, -0.05) is 57.1 Å². The molecule has 0 aromatic heterocycles. The molecule has 150 valence electrons. The summed E-state index contributed by atoms with van der Waals surface area (Å²) in [6, 6.07) is 0. The van der Waals surface area contributed by atoms with Crippen LogP contribution in [0.1, 0.15) is 92.9 Å². The van der Waals surface area contributed by atoms with Crippen LogP contribution in [0.4, 0.5) is 0 Å². The van der Waals surface area contributed by atoms with Crippen LogP contribution in [0.15, 0.2) is 36.5 Å². The van der Waals surface area contributed by atoms with Gasteiger partial charge in [0, 0.05) is 0 Å². The average molecular weight is 361 g/mol. The van der Waals surface area contributed by atoms with Crippen molar-refractivity contribution >= 4 is 0 Å². The van der Waals surface area contributed by atoms with Gasteiger partial charge in [-0.05, 0) is 83.5 Å². The molecule has 0 aromatic rings. The molecule has 1 nitrogen and oxygen atoms in total. The molecule has 0 radical (unpaired) electrons. The van der Waals surface area contributed by atoms with Crippen molar-refractivity contribution in [2.24, 2.45) is 17.8 Å². The fourth-order valence-electron chi connectivity index (χ4n) is 3.73. The standard InChI is InChI=1S/C25H44O/c1-9-21(6)15-16-23(22(7)14-10-12-19(2)3)18-24-25(8,26-24)17-11-13-20(4)5/h9,13,19,21,23-24H,1,7,10-12,14-18H2,2-6,8H3. The van der Waals surface area contributed by atoms with Crippen LogP contribution in [0.2, 0.25) is 0 Å². The highest BCUT2D eigenvalue weighted by molar-refractivity contribution is 5.08. The highest BCUT2D eigenvalue weighted by atomic mass is 16.6. The summed E-state index contributed by atoms with van der Waals surface area (Å²) in [6.07, 6.45) is 14.4. The molecule has 1 heterocycles. The first kappa shape index (κ1) is 23.2. The summed E-state index contributed by atoms with van der Waals surface area (Å²) in [4.78, 5) is 0. The number of hydrogen-bond acceptors (Lipinski definition) is 1. The molecule has 0 aromatic carbocycles. The lowest BCUT2D eigenvalue weighted by atomic mass is 9.83. The molecule has 0 bridgehead atoms. The largest absolute Gasteiger partial charge is 0.366 e. The zero-order valence-electron chi connectivity index (χ0n) is 18.4. The van der Waals surface area contributed by atoms with E-state index in [4.69, 9.17) is 4.74 Å². The minimum Gasteiger partial charge on any atom is -0.366 e. The zero-order chi connectivity index (χ0) is 19.7. The molecule has 0 spiro atoms. The Balaban J connectivity index is 2.55. The number of hydrogen-bond donors (Lipinski definition) is 0. The summed E-state index contributed by atoms with van der Waals surface area (Å²) in [5.74, 6) is 1.97. The van der Waals surface area contributed by atoms with Gasteiger partial charge >= 0.3 is 0 Å². The van der Waals surface area contributed by atoms with Gasteiger partial charge in [0.2, 0.25) is 0 Å². The van der Waals surface area contributed by atoms with Crippen molar-refractivity contribution in [3.63, 3.8) is 0 Å². The molecule has 1 aliphatic rings. The van der Waals surface area contributed by atoms with E-state index < -0.39 is 0 Å². The Morgan fingerprint density at radius 2 is 1.85 bits per heavy atom. The van der Waals surface area contributed by atoms with Crippen LogP contribution >= 0.6 is 0 Å². The minimum absolute atomic E-state index is 0.0897. The molecule has 0 aliphatic carbocycles. The average Bonchev–Trinajstić information content (AvgIpc) is 3.19. The predicted molar refractivity (Wildman–Crippen MR) is 116 cm³/mol. The third-order valence-corrected chi connectivity index (χ3v) is 5.96. The van der Waals surface area contributed by atoms with E-state index >= 15 is 0 Å². The van der Waals surface area contributed by atoms with Gasteiger partial charge in [-0.2, -0.15) is 0 Å². The molecule has 1 fully saturated rings. The fraction of sp³-hybridized carbons (Fsp3) is 0.760. The minimum atomic E-state index is 0.0897. The Morgan fingerprint density at radius 1 is 1.15 bits per heavy atom. The Kier molecular flexibility index (Phi) is 9.93. The second-order valence-corrected chi connectivity index (χ2v) is 9.41. The molecule has 4 unspecified atom stereocenters. The lowest BCUT2D eigenvalue weighted by Crippen LogP contribution is -2.15. The summed E-state index contributed by atoms with van der Waals surface area (Å²) < 4.78 is 6.15. The van der Waals surface area contributed by atoms with Crippen LogP contribution in [-0.2, 0) is 4.74 Å². The van der Waals surface area contributed by atoms with Gasteiger partial charge < -0.3 is 4.74 Å². The third-order valence-electron chi connectivity index (χ3n) is 5.96. The Labute approximate surface area is 164 Å². The van der Waals surface area contributed by atoms with Crippen molar-refractivity contribution < 1.29 is 4.74 Å². The summed E-state index contributed by atoms with van der Waals surface area (Å²) in [7, 11) is 0. The van der Waals surface area contributed by atoms with E-state index in [0.717, 1.165) is 25.2 Å². The second-order valence-electron chi connectivity index (χ2n) is 9.41. The van der Waals surface area contributed by atoms with Crippen molar-refractivity contribution in [3.05, 3.63) is 36.5 Å². The van der Waals surface area contributed by atoms with Gasteiger partial charge in [0.1, 0.15) is 0 Å². The lowest BCUT2D eigenvalue weighted by Gasteiger charge is -2.21. The normalized spacial score (nSPS) is 24.2. The maximum Gasteiger partial charge on any atom is 0.0923 e. The summed E-state index contributed by atoms with van der Waals surface area (Å²) in [5, 5.41) is 0. The number of epoxide rings is 1. The van der Waals surface area contributed by atoms with Crippen molar-refractivity contribution in [2.45, 2.75) is 105 Å². The van der Waals surface area contributed by atoms with E-state index in [0.29, 0.717) is 17.9 Å². The van der Waals surface area contributed by atoms with Crippen LogP contribution in [0.25, 0.3) is 0 Å². The molecule has 0 N–H and O–H groups in total. The molecule has 26 heavy (non-hydrogen) atoms. The smallest absolute Gasteiger partial charge is 0.0923 e. The lowest BCUT2D eigenvalue weighted by molar-refractivity contribution is 0.287. The molecular formula is C25H44O. The van der Waals surface area contributed by atoms with Gasteiger partial charge in [0.05, 0.1) is 11.7 Å². The van der Waals surface area contributed by atoms with Gasteiger partial charge in [0.15, 0.2) is 0 Å². The van der Waals surface area contributed by atoms with Gasteiger partial charge in [-0.15, -0.1) is 6.58 Å². The summed E-state index contributed by atoms with van der Waals surface area (Å²) in [6.45, 7) is 21.9. The topological polar surface area (TPSA) is 12.5 Å². The van der Waals surface area contributed by atoms with Crippen LogP contribution in [0, 0.1) is 17.8 Å². The van der Waals surface area contributed by atoms with Crippen molar-refractivity contribution in [2.75, 3.05) is 0 Å². The number of allylic oxidation sites excluding steroid dienone is 4. The van der Waals surface area contributed by atoms with E-state index in [-0.39, 0.29) is 5.60 Å². The van der Waals surface area contributed by atoms with E-state index in [9.17, 15) is 0 Å². The highest BCUT2D eigenvalue weighted by Crippen LogP contribution is 2.46. The van der Waals surface area contributed by atoms with Gasteiger partial charge in [-0.25, -0.2) is 0 Å². The molecule has 0 saturated carbocycles. The van der Waals surface area contributed by atoms with Gasteiger partial charge in [0.25, 0.3) is 0 Å². The van der Waals surface area contributed by atoms with Crippen molar-refractivity contribution in [3.8, 4) is 0 Å². The third kappa shape index (κ3) is 8.71. The molecule has 4 atom stereocenters. The monoisotopic (exact) mass is 360 g/mol. The van der Waals surface area contributed by atoms with Crippen LogP contribution in [-0.4, -0.2) is 11.7 Å². The van der Waals surface area contributed by atoms with Crippen LogP contribution in [0.5, 0.6) is 0 Å². The van der Waals surface area contributed by atoms with E-state index in [1.165, 1.54) is 43.3 Å².